The van der Waals surface area contributed by atoms with Crippen LogP contribution in [0.3, 0.4) is 0 Å². The van der Waals surface area contributed by atoms with Crippen LogP contribution in [0, 0.1) is 30.6 Å². The lowest BCUT2D eigenvalue weighted by Crippen LogP contribution is -2.05. The van der Waals surface area contributed by atoms with Crippen LogP contribution in [0.5, 0.6) is 0 Å². The first-order valence-corrected chi connectivity index (χ1v) is 2.89. The molecule has 3 heteroatoms. The third-order valence-corrected chi connectivity index (χ3v) is 0.732. The first kappa shape index (κ1) is 9.91. The molecule has 0 nitrogen and oxygen atoms in total. The molecule has 0 aliphatic heterocycles. The summed E-state index contributed by atoms with van der Waals surface area (Å²) < 4.78 is 34.1. The van der Waals surface area contributed by atoms with Gasteiger partial charge >= 0.3 is 6.18 Å². The van der Waals surface area contributed by atoms with Gasteiger partial charge in [0.25, 0.3) is 0 Å². The topological polar surface area (TPSA) is 0 Å². The van der Waals surface area contributed by atoms with Gasteiger partial charge in [-0.1, -0.05) is 5.92 Å². The maximum Gasteiger partial charge on any atom is 0.403 e. The Bertz CT molecular complexity index is 196. The molecule has 1 radical (unpaired) electrons. The van der Waals surface area contributed by atoms with E-state index < -0.39 is 6.18 Å². The molecule has 0 heterocycles. The third kappa shape index (κ3) is 8.91. The summed E-state index contributed by atoms with van der Waals surface area (Å²) in [6.45, 7) is 0. The molecule has 59 valence electrons. The summed E-state index contributed by atoms with van der Waals surface area (Å²) >= 11 is 0. The summed E-state index contributed by atoms with van der Waals surface area (Å²) in [5.74, 6) is 6.41. The van der Waals surface area contributed by atoms with E-state index in [2.05, 4.69) is 11.8 Å². The molecular formula is C8H6F3. The second kappa shape index (κ2) is 4.68. The Hall–Kier alpha value is -1.09. The summed E-state index contributed by atoms with van der Waals surface area (Å²) in [7, 11) is 0. The molecule has 0 aliphatic carbocycles. The van der Waals surface area contributed by atoms with Crippen molar-refractivity contribution in [2.75, 3.05) is 0 Å². The number of unbranched alkanes of at least 4 members (excludes halogenated alkanes) is 1. The van der Waals surface area contributed by atoms with Crippen molar-refractivity contribution in [1.29, 1.82) is 0 Å². The van der Waals surface area contributed by atoms with Crippen LogP contribution in [-0.4, -0.2) is 6.18 Å². The normalized spacial score (nSPS) is 9.64. The Balaban J connectivity index is 3.50. The largest absolute Gasteiger partial charge is 0.403 e. The van der Waals surface area contributed by atoms with Gasteiger partial charge in [0, 0.05) is 12.8 Å². The molecule has 0 spiro atoms. The molecule has 0 aromatic rings. The van der Waals surface area contributed by atoms with Crippen molar-refractivity contribution < 1.29 is 13.2 Å². The smallest absolute Gasteiger partial charge is 0.170 e. The van der Waals surface area contributed by atoms with Crippen LogP contribution in [0.4, 0.5) is 13.2 Å². The monoisotopic (exact) mass is 159 g/mol. The van der Waals surface area contributed by atoms with Gasteiger partial charge in [-0.15, -0.1) is 18.3 Å². The van der Waals surface area contributed by atoms with Crippen molar-refractivity contribution in [3.63, 3.8) is 0 Å². The highest BCUT2D eigenvalue weighted by atomic mass is 19.4. The van der Waals surface area contributed by atoms with Crippen molar-refractivity contribution in [2.45, 2.75) is 19.0 Å². The predicted molar refractivity (Wildman–Crippen MR) is 36.2 cm³/mol. The number of hydrogen-bond donors (Lipinski definition) is 0. The highest BCUT2D eigenvalue weighted by molar-refractivity contribution is 5.13. The predicted octanol–water partition coefficient (Wildman–Crippen LogP) is 2.17. The number of alkyl halides is 3. The standard InChI is InChI=1S/C8H6F3/c1-2-3-4-5-6-7-8(9,10)11/h1,7H,3-4H2. The van der Waals surface area contributed by atoms with Crippen molar-refractivity contribution in [2.24, 2.45) is 0 Å². The van der Waals surface area contributed by atoms with Crippen molar-refractivity contribution in [3.8, 4) is 24.2 Å². The van der Waals surface area contributed by atoms with E-state index in [4.69, 9.17) is 6.42 Å². The third-order valence-electron chi connectivity index (χ3n) is 0.732. The highest BCUT2D eigenvalue weighted by Gasteiger charge is 2.25. The highest BCUT2D eigenvalue weighted by Crippen LogP contribution is 2.16. The van der Waals surface area contributed by atoms with Gasteiger partial charge in [-0.3, -0.25) is 0 Å². The maximum absolute atomic E-state index is 11.4. The van der Waals surface area contributed by atoms with E-state index in [-0.39, 0.29) is 6.42 Å². The van der Waals surface area contributed by atoms with Gasteiger partial charge in [-0.2, -0.15) is 13.2 Å². The van der Waals surface area contributed by atoms with Crippen molar-refractivity contribution >= 4 is 0 Å². The molecule has 0 N–H and O–H groups in total. The summed E-state index contributed by atoms with van der Waals surface area (Å²) in [5, 5.41) is 0. The average Bonchev–Trinajstić information content (AvgIpc) is 1.85. The lowest BCUT2D eigenvalue weighted by atomic mass is 10.3. The second-order valence-corrected chi connectivity index (χ2v) is 1.71. The molecule has 0 saturated heterocycles. The lowest BCUT2D eigenvalue weighted by molar-refractivity contribution is -0.0909. The fourth-order valence-corrected chi connectivity index (χ4v) is 0.340. The molecule has 0 aliphatic rings. The molecule has 0 atom stereocenters. The van der Waals surface area contributed by atoms with Gasteiger partial charge < -0.3 is 0 Å². The van der Waals surface area contributed by atoms with E-state index in [0.29, 0.717) is 12.8 Å². The van der Waals surface area contributed by atoms with E-state index in [9.17, 15) is 13.2 Å². The van der Waals surface area contributed by atoms with E-state index in [1.165, 1.54) is 0 Å². The van der Waals surface area contributed by atoms with Crippen LogP contribution in [0.2, 0.25) is 0 Å². The van der Waals surface area contributed by atoms with Gasteiger partial charge in [-0.25, -0.2) is 0 Å². The van der Waals surface area contributed by atoms with Crippen LogP contribution < -0.4 is 0 Å². The zero-order valence-electron chi connectivity index (χ0n) is 5.70. The van der Waals surface area contributed by atoms with Gasteiger partial charge in [0.2, 0.25) is 0 Å². The van der Waals surface area contributed by atoms with Gasteiger partial charge in [-0.05, 0) is 0 Å². The zero-order chi connectivity index (χ0) is 8.74. The van der Waals surface area contributed by atoms with E-state index >= 15 is 0 Å². The Labute approximate surface area is 63.8 Å². The van der Waals surface area contributed by atoms with E-state index in [0.717, 1.165) is 0 Å². The van der Waals surface area contributed by atoms with Gasteiger partial charge in [0.1, 0.15) is 6.42 Å². The van der Waals surface area contributed by atoms with Crippen LogP contribution >= 0.6 is 0 Å². The molecule has 0 aromatic carbocycles. The summed E-state index contributed by atoms with van der Waals surface area (Å²) in [6, 6.07) is 0. The molecule has 0 fully saturated rings. The number of terminal acetylenes is 1. The summed E-state index contributed by atoms with van der Waals surface area (Å²) in [5.41, 5.74) is 0. The fourth-order valence-electron chi connectivity index (χ4n) is 0.340. The Morgan fingerprint density at radius 3 is 2.36 bits per heavy atom. The minimum atomic E-state index is -4.30. The molecule has 0 rings (SSSR count). The minimum absolute atomic E-state index is 0.00349. The van der Waals surface area contributed by atoms with E-state index in [1.807, 2.05) is 5.92 Å². The molecule has 11 heavy (non-hydrogen) atoms. The maximum atomic E-state index is 11.4. The number of halogens is 3. The molecule has 0 aromatic heterocycles. The molecule has 0 unspecified atom stereocenters. The van der Waals surface area contributed by atoms with Crippen LogP contribution in [0.25, 0.3) is 0 Å². The Morgan fingerprint density at radius 2 is 1.91 bits per heavy atom. The summed E-state index contributed by atoms with van der Waals surface area (Å²) in [6.07, 6.45) is 1.24. The SMILES string of the molecule is C#CCCC#C[CH]C(F)(F)F. The van der Waals surface area contributed by atoms with Crippen molar-refractivity contribution in [3.05, 3.63) is 6.42 Å². The lowest BCUT2D eigenvalue weighted by Gasteiger charge is -1.96. The minimum Gasteiger partial charge on any atom is -0.170 e. The number of hydrogen-bond acceptors (Lipinski definition) is 0. The molecule has 0 saturated carbocycles. The second-order valence-electron chi connectivity index (χ2n) is 1.71. The fraction of sp³-hybridized carbons (Fsp3) is 0.375. The first-order chi connectivity index (χ1) is 5.06. The number of rotatable bonds is 1. The van der Waals surface area contributed by atoms with E-state index in [1.54, 1.807) is 0 Å². The van der Waals surface area contributed by atoms with Crippen LogP contribution in [-0.2, 0) is 0 Å². The summed E-state index contributed by atoms with van der Waals surface area (Å²) in [4.78, 5) is 0. The molecular weight excluding hydrogens is 153 g/mol. The van der Waals surface area contributed by atoms with Crippen LogP contribution in [0.15, 0.2) is 0 Å². The first-order valence-electron chi connectivity index (χ1n) is 2.89. The average molecular weight is 159 g/mol. The molecule has 0 bridgehead atoms. The zero-order valence-corrected chi connectivity index (χ0v) is 5.70. The quantitative estimate of drug-likeness (QED) is 0.406. The van der Waals surface area contributed by atoms with Gasteiger partial charge in [0.15, 0.2) is 0 Å². The molecule has 0 amide bonds. The Morgan fingerprint density at radius 1 is 1.27 bits per heavy atom. The van der Waals surface area contributed by atoms with Crippen molar-refractivity contribution in [1.82, 2.24) is 0 Å². The van der Waals surface area contributed by atoms with Gasteiger partial charge in [0.05, 0.1) is 0 Å². The van der Waals surface area contributed by atoms with Crippen LogP contribution in [0.1, 0.15) is 12.8 Å². The Kier molecular flexibility index (Phi) is 4.22.